The van der Waals surface area contributed by atoms with Crippen molar-refractivity contribution in [1.29, 1.82) is 0 Å². The molecule has 1 aromatic rings. The smallest absolute Gasteiger partial charge is 0.118 e. The molecule has 3 heteroatoms. The van der Waals surface area contributed by atoms with Crippen LogP contribution in [0.2, 0.25) is 0 Å². The maximum Gasteiger partial charge on any atom is 0.118 e. The summed E-state index contributed by atoms with van der Waals surface area (Å²) in [6.07, 6.45) is 0. The van der Waals surface area contributed by atoms with Gasteiger partial charge >= 0.3 is 0 Å². The van der Waals surface area contributed by atoms with E-state index in [1.165, 1.54) is 11.1 Å². The van der Waals surface area contributed by atoms with Crippen LogP contribution in [-0.2, 0) is 4.74 Å². The first-order valence-electron chi connectivity index (χ1n) is 7.16. The van der Waals surface area contributed by atoms with Crippen molar-refractivity contribution in [3.05, 3.63) is 28.8 Å². The fourth-order valence-electron chi connectivity index (χ4n) is 2.76. The second-order valence-electron chi connectivity index (χ2n) is 5.75. The van der Waals surface area contributed by atoms with Gasteiger partial charge in [-0.2, -0.15) is 0 Å². The molecule has 1 aromatic carbocycles. The molecule has 0 aromatic heterocycles. The molecule has 1 saturated heterocycles. The zero-order chi connectivity index (χ0) is 14.0. The van der Waals surface area contributed by atoms with Crippen LogP contribution in [-0.4, -0.2) is 36.3 Å². The number of phenolic OH excluding ortho intramolecular Hbond substituents is 1. The molecule has 1 atom stereocenters. The highest BCUT2D eigenvalue weighted by atomic mass is 16.5. The SMILES string of the molecule is Cc1cc(C(C)N2CCOCC2)c(C(C)C)cc1O. The third-order valence-electron chi connectivity index (χ3n) is 4.07. The standard InChI is InChI=1S/C16H25NO2/c1-11(2)14-10-16(18)12(3)9-15(14)13(4)17-5-7-19-8-6-17/h9-11,13,18H,5-8H2,1-4H3. The summed E-state index contributed by atoms with van der Waals surface area (Å²) in [5, 5.41) is 9.93. The number of aromatic hydroxyl groups is 1. The van der Waals surface area contributed by atoms with Crippen molar-refractivity contribution in [2.24, 2.45) is 0 Å². The minimum atomic E-state index is 0.376. The topological polar surface area (TPSA) is 32.7 Å². The van der Waals surface area contributed by atoms with E-state index in [1.54, 1.807) is 0 Å². The predicted molar refractivity (Wildman–Crippen MR) is 77.7 cm³/mol. The van der Waals surface area contributed by atoms with E-state index in [4.69, 9.17) is 4.74 Å². The summed E-state index contributed by atoms with van der Waals surface area (Å²) >= 11 is 0. The molecule has 1 aliphatic rings. The molecule has 0 saturated carbocycles. The molecule has 0 spiro atoms. The number of ether oxygens (including phenoxy) is 1. The van der Waals surface area contributed by atoms with Crippen molar-refractivity contribution >= 4 is 0 Å². The van der Waals surface area contributed by atoms with Gasteiger partial charge in [-0.3, -0.25) is 4.90 Å². The lowest BCUT2D eigenvalue weighted by Gasteiger charge is -2.34. The first kappa shape index (κ1) is 14.4. The quantitative estimate of drug-likeness (QED) is 0.909. The average Bonchev–Trinajstić information content (AvgIpc) is 2.41. The lowest BCUT2D eigenvalue weighted by Crippen LogP contribution is -2.38. The van der Waals surface area contributed by atoms with Crippen LogP contribution in [0.5, 0.6) is 5.75 Å². The van der Waals surface area contributed by atoms with Crippen molar-refractivity contribution in [3.8, 4) is 5.75 Å². The Morgan fingerprint density at radius 1 is 1.11 bits per heavy atom. The number of phenols is 1. The minimum Gasteiger partial charge on any atom is -0.508 e. The van der Waals surface area contributed by atoms with Gasteiger partial charge in [-0.1, -0.05) is 19.9 Å². The van der Waals surface area contributed by atoms with E-state index < -0.39 is 0 Å². The normalized spacial score (nSPS) is 18.8. The summed E-state index contributed by atoms with van der Waals surface area (Å²) in [5.41, 5.74) is 3.55. The molecule has 0 bridgehead atoms. The van der Waals surface area contributed by atoms with Crippen molar-refractivity contribution in [1.82, 2.24) is 4.90 Å². The summed E-state index contributed by atoms with van der Waals surface area (Å²) in [6, 6.07) is 4.46. The molecule has 1 aliphatic heterocycles. The van der Waals surface area contributed by atoms with Crippen LogP contribution in [0.1, 0.15) is 49.4 Å². The zero-order valence-corrected chi connectivity index (χ0v) is 12.4. The van der Waals surface area contributed by atoms with Crippen LogP contribution in [0.25, 0.3) is 0 Å². The molecule has 1 heterocycles. The Morgan fingerprint density at radius 3 is 2.32 bits per heavy atom. The van der Waals surface area contributed by atoms with Gasteiger partial charge in [-0.15, -0.1) is 0 Å². The number of hydrogen-bond donors (Lipinski definition) is 1. The molecule has 1 unspecified atom stereocenters. The van der Waals surface area contributed by atoms with Crippen molar-refractivity contribution in [2.75, 3.05) is 26.3 Å². The first-order chi connectivity index (χ1) is 9.00. The number of nitrogens with zero attached hydrogens (tertiary/aromatic N) is 1. The highest BCUT2D eigenvalue weighted by molar-refractivity contribution is 5.44. The number of morpholine rings is 1. The molecular weight excluding hydrogens is 238 g/mol. The Hall–Kier alpha value is -1.06. The molecule has 1 N–H and O–H groups in total. The van der Waals surface area contributed by atoms with E-state index in [9.17, 15) is 5.11 Å². The third kappa shape index (κ3) is 3.10. The van der Waals surface area contributed by atoms with Crippen molar-refractivity contribution in [3.63, 3.8) is 0 Å². The number of rotatable bonds is 3. The maximum absolute atomic E-state index is 9.93. The van der Waals surface area contributed by atoms with E-state index >= 15 is 0 Å². The van der Waals surface area contributed by atoms with Gasteiger partial charge in [0.15, 0.2) is 0 Å². The Labute approximate surface area is 116 Å². The Morgan fingerprint density at radius 2 is 1.74 bits per heavy atom. The third-order valence-corrected chi connectivity index (χ3v) is 4.07. The van der Waals surface area contributed by atoms with E-state index in [1.807, 2.05) is 13.0 Å². The van der Waals surface area contributed by atoms with Gasteiger partial charge in [-0.05, 0) is 42.5 Å². The summed E-state index contributed by atoms with van der Waals surface area (Å²) in [4.78, 5) is 2.46. The molecule has 0 amide bonds. The molecule has 106 valence electrons. The van der Waals surface area contributed by atoms with Crippen LogP contribution in [0.4, 0.5) is 0 Å². The maximum atomic E-state index is 9.93. The highest BCUT2D eigenvalue weighted by Crippen LogP contribution is 2.33. The highest BCUT2D eigenvalue weighted by Gasteiger charge is 2.22. The molecule has 0 aliphatic carbocycles. The van der Waals surface area contributed by atoms with Crippen LogP contribution in [0.3, 0.4) is 0 Å². The first-order valence-corrected chi connectivity index (χ1v) is 7.16. The van der Waals surface area contributed by atoms with Gasteiger partial charge in [0.2, 0.25) is 0 Å². The van der Waals surface area contributed by atoms with Gasteiger partial charge in [0.05, 0.1) is 13.2 Å². The molecular formula is C16H25NO2. The van der Waals surface area contributed by atoms with Crippen LogP contribution < -0.4 is 0 Å². The van der Waals surface area contributed by atoms with Gasteiger partial charge in [0.25, 0.3) is 0 Å². The average molecular weight is 263 g/mol. The second-order valence-corrected chi connectivity index (χ2v) is 5.75. The monoisotopic (exact) mass is 263 g/mol. The summed E-state index contributed by atoms with van der Waals surface area (Å²) in [6.45, 7) is 12.2. The lowest BCUT2D eigenvalue weighted by molar-refractivity contribution is 0.0196. The predicted octanol–water partition coefficient (Wildman–Crippen LogP) is 3.22. The van der Waals surface area contributed by atoms with Gasteiger partial charge in [-0.25, -0.2) is 0 Å². The molecule has 1 fully saturated rings. The second kappa shape index (κ2) is 5.93. The summed E-state index contributed by atoms with van der Waals surface area (Å²) in [7, 11) is 0. The van der Waals surface area contributed by atoms with Gasteiger partial charge in [0, 0.05) is 19.1 Å². The van der Waals surface area contributed by atoms with E-state index in [0.717, 1.165) is 31.9 Å². The summed E-state index contributed by atoms with van der Waals surface area (Å²) < 4.78 is 5.42. The molecule has 2 rings (SSSR count). The number of hydrogen-bond acceptors (Lipinski definition) is 3. The number of benzene rings is 1. The van der Waals surface area contributed by atoms with Crippen molar-refractivity contribution in [2.45, 2.75) is 39.7 Å². The Balaban J connectivity index is 2.33. The van der Waals surface area contributed by atoms with Crippen LogP contribution in [0, 0.1) is 6.92 Å². The molecule has 3 nitrogen and oxygen atoms in total. The van der Waals surface area contributed by atoms with Crippen LogP contribution in [0.15, 0.2) is 12.1 Å². The van der Waals surface area contributed by atoms with Crippen LogP contribution >= 0.6 is 0 Å². The Kier molecular flexibility index (Phi) is 4.48. The van der Waals surface area contributed by atoms with Crippen molar-refractivity contribution < 1.29 is 9.84 Å². The van der Waals surface area contributed by atoms with E-state index in [0.29, 0.717) is 17.7 Å². The largest absolute Gasteiger partial charge is 0.508 e. The van der Waals surface area contributed by atoms with Gasteiger partial charge in [0.1, 0.15) is 5.75 Å². The fourth-order valence-corrected chi connectivity index (χ4v) is 2.76. The lowest BCUT2D eigenvalue weighted by atomic mass is 9.90. The molecule has 19 heavy (non-hydrogen) atoms. The molecule has 0 radical (unpaired) electrons. The zero-order valence-electron chi connectivity index (χ0n) is 12.4. The number of aryl methyl sites for hydroxylation is 1. The summed E-state index contributed by atoms with van der Waals surface area (Å²) in [5.74, 6) is 0.826. The van der Waals surface area contributed by atoms with E-state index in [2.05, 4.69) is 31.7 Å². The van der Waals surface area contributed by atoms with E-state index in [-0.39, 0.29) is 0 Å². The minimum absolute atomic E-state index is 0.376. The Bertz CT molecular complexity index is 437. The fraction of sp³-hybridized carbons (Fsp3) is 0.625. The van der Waals surface area contributed by atoms with Gasteiger partial charge < -0.3 is 9.84 Å².